The monoisotopic (exact) mass is 519 g/mol. The molecule has 1 aromatic rings. The van der Waals surface area contributed by atoms with E-state index in [0.29, 0.717) is 18.9 Å². The molecule has 0 saturated heterocycles. The highest BCUT2D eigenvalue weighted by molar-refractivity contribution is 5.82. The van der Waals surface area contributed by atoms with Crippen LogP contribution in [0.25, 0.3) is 0 Å². The fourth-order valence-electron chi connectivity index (χ4n) is 5.20. The maximum Gasteiger partial charge on any atom is 0.237 e. The van der Waals surface area contributed by atoms with Crippen LogP contribution in [-0.2, 0) is 16.1 Å². The van der Waals surface area contributed by atoms with Crippen LogP contribution >= 0.6 is 0 Å². The van der Waals surface area contributed by atoms with Crippen molar-refractivity contribution in [2.75, 3.05) is 6.54 Å². The van der Waals surface area contributed by atoms with E-state index >= 15 is 0 Å². The maximum atomic E-state index is 13.2. The minimum Gasteiger partial charge on any atom is -0.389 e. The van der Waals surface area contributed by atoms with Gasteiger partial charge >= 0.3 is 0 Å². The fourth-order valence-corrected chi connectivity index (χ4v) is 5.20. The van der Waals surface area contributed by atoms with Crippen molar-refractivity contribution in [3.63, 3.8) is 0 Å². The van der Waals surface area contributed by atoms with Crippen molar-refractivity contribution in [3.05, 3.63) is 30.1 Å². The van der Waals surface area contributed by atoms with Crippen LogP contribution in [0.3, 0.4) is 0 Å². The predicted molar refractivity (Wildman–Crippen MR) is 145 cm³/mol. The first-order valence-corrected chi connectivity index (χ1v) is 14.0. The number of carbonyl (C=O) groups is 2. The molecule has 37 heavy (non-hydrogen) atoms. The number of nitrogens with two attached hydrogens (primary N) is 1. The topological polar surface area (TPSA) is 150 Å². The van der Waals surface area contributed by atoms with Gasteiger partial charge in [0.05, 0.1) is 37.0 Å². The second kappa shape index (κ2) is 16.0. The van der Waals surface area contributed by atoms with Gasteiger partial charge in [-0.1, -0.05) is 72.3 Å². The molecule has 0 bridgehead atoms. The first-order chi connectivity index (χ1) is 17.7. The Hall–Kier alpha value is -2.07. The highest BCUT2D eigenvalue weighted by Crippen LogP contribution is 2.29. The van der Waals surface area contributed by atoms with E-state index in [0.717, 1.165) is 37.8 Å². The van der Waals surface area contributed by atoms with Crippen molar-refractivity contribution in [1.29, 1.82) is 0 Å². The summed E-state index contributed by atoms with van der Waals surface area (Å²) in [5.41, 5.74) is 6.30. The summed E-state index contributed by atoms with van der Waals surface area (Å²) in [6, 6.07) is 3.80. The molecule has 1 fully saturated rings. The van der Waals surface area contributed by atoms with E-state index in [4.69, 9.17) is 5.73 Å². The number of pyridine rings is 1. The lowest BCUT2D eigenvalue weighted by Gasteiger charge is -2.38. The summed E-state index contributed by atoms with van der Waals surface area (Å²) in [4.78, 5) is 29.7. The number of nitrogens with one attached hydrogen (secondary N) is 3. The van der Waals surface area contributed by atoms with Gasteiger partial charge in [-0.05, 0) is 36.3 Å². The molecule has 9 heteroatoms. The van der Waals surface area contributed by atoms with E-state index in [2.05, 4.69) is 20.9 Å². The molecule has 0 spiro atoms. The Labute approximate surface area is 222 Å². The number of aromatic nitrogens is 1. The van der Waals surface area contributed by atoms with Crippen LogP contribution in [0.5, 0.6) is 0 Å². The van der Waals surface area contributed by atoms with Gasteiger partial charge in [0.1, 0.15) is 6.10 Å². The average molecular weight is 520 g/mol. The lowest BCUT2D eigenvalue weighted by atomic mass is 9.81. The van der Waals surface area contributed by atoms with Crippen molar-refractivity contribution < 1.29 is 19.8 Å². The summed E-state index contributed by atoms with van der Waals surface area (Å²) in [7, 11) is 0. The lowest BCUT2D eigenvalue weighted by molar-refractivity contribution is -0.125. The minimum absolute atomic E-state index is 0.00990. The number of hydrogen-bond donors (Lipinski definition) is 6. The van der Waals surface area contributed by atoms with Crippen molar-refractivity contribution in [3.8, 4) is 0 Å². The van der Waals surface area contributed by atoms with E-state index in [1.165, 1.54) is 6.42 Å². The molecule has 6 atom stereocenters. The van der Waals surface area contributed by atoms with Crippen molar-refractivity contribution in [1.82, 2.24) is 20.9 Å². The summed E-state index contributed by atoms with van der Waals surface area (Å²) >= 11 is 0. The normalized spacial score (nSPS) is 19.5. The predicted octanol–water partition coefficient (Wildman–Crippen LogP) is 1.86. The molecule has 210 valence electrons. The second-order valence-corrected chi connectivity index (χ2v) is 10.9. The Morgan fingerprint density at radius 1 is 1.11 bits per heavy atom. The van der Waals surface area contributed by atoms with Gasteiger partial charge in [-0.15, -0.1) is 0 Å². The molecule has 1 aromatic heterocycles. The summed E-state index contributed by atoms with van der Waals surface area (Å²) in [5.74, 6) is -0.242. The standard InChI is InChI=1S/C28H49N5O4/c1-5-19(4)25(28(37)31-17-21-13-9-10-14-30-21)33-24(18(2)3)27(36)26(35)22(32-23(34)16-29)15-20-11-7-6-8-12-20/h9-10,13-14,18-20,22,24-27,33,35-36H,5-8,11-12,15-17,29H2,1-4H3,(H,31,37)(H,32,34)/t19-,22-,24+,25-,26-,27-/m0/s1. The maximum absolute atomic E-state index is 13.2. The Kier molecular flexibility index (Phi) is 13.5. The van der Waals surface area contributed by atoms with Gasteiger partial charge in [-0.3, -0.25) is 19.9 Å². The molecule has 9 nitrogen and oxygen atoms in total. The molecule has 0 aromatic carbocycles. The van der Waals surface area contributed by atoms with E-state index in [-0.39, 0.29) is 30.2 Å². The van der Waals surface area contributed by atoms with Gasteiger partial charge in [0.25, 0.3) is 0 Å². The number of nitrogens with zero attached hydrogens (tertiary/aromatic N) is 1. The largest absolute Gasteiger partial charge is 0.389 e. The van der Waals surface area contributed by atoms with E-state index in [9.17, 15) is 19.8 Å². The van der Waals surface area contributed by atoms with Crippen molar-refractivity contribution in [2.24, 2.45) is 23.5 Å². The summed E-state index contributed by atoms with van der Waals surface area (Å²) in [6.45, 7) is 8.03. The van der Waals surface area contributed by atoms with Crippen LogP contribution < -0.4 is 21.7 Å². The van der Waals surface area contributed by atoms with Gasteiger partial charge in [-0.25, -0.2) is 0 Å². The first kappa shape index (κ1) is 31.1. The minimum atomic E-state index is -1.20. The molecule has 1 heterocycles. The van der Waals surface area contributed by atoms with E-state index in [1.54, 1.807) is 6.20 Å². The van der Waals surface area contributed by atoms with Gasteiger partial charge < -0.3 is 26.6 Å². The number of aliphatic hydroxyl groups excluding tert-OH is 2. The Morgan fingerprint density at radius 3 is 2.38 bits per heavy atom. The zero-order valence-electron chi connectivity index (χ0n) is 23.0. The van der Waals surface area contributed by atoms with E-state index in [1.807, 2.05) is 45.9 Å². The summed E-state index contributed by atoms with van der Waals surface area (Å²) < 4.78 is 0. The van der Waals surface area contributed by atoms with Crippen LogP contribution in [0.1, 0.15) is 78.3 Å². The van der Waals surface area contributed by atoms with Crippen LogP contribution in [0.4, 0.5) is 0 Å². The lowest BCUT2D eigenvalue weighted by Crippen LogP contribution is -2.61. The number of carbonyl (C=O) groups excluding carboxylic acids is 2. The molecule has 0 aliphatic heterocycles. The molecule has 2 rings (SSSR count). The summed E-state index contributed by atoms with van der Waals surface area (Å²) in [6.07, 6.45) is 6.23. The van der Waals surface area contributed by atoms with Gasteiger partial charge in [0.15, 0.2) is 0 Å². The molecular weight excluding hydrogens is 470 g/mol. The number of rotatable bonds is 15. The van der Waals surface area contributed by atoms with Gasteiger partial charge in [0.2, 0.25) is 11.8 Å². The average Bonchev–Trinajstić information content (AvgIpc) is 2.91. The number of hydrogen-bond acceptors (Lipinski definition) is 7. The zero-order valence-corrected chi connectivity index (χ0v) is 23.0. The number of aliphatic hydroxyl groups is 2. The van der Waals surface area contributed by atoms with Gasteiger partial charge in [-0.2, -0.15) is 0 Å². The smallest absolute Gasteiger partial charge is 0.237 e. The third-order valence-corrected chi connectivity index (χ3v) is 7.73. The SMILES string of the molecule is CC[C@H](C)[C@H](N[C@H](C(C)C)[C@H](O)[C@@H](O)[C@H](CC1CCCCC1)NC(=O)CN)C(=O)NCc1ccccn1. The van der Waals surface area contributed by atoms with Crippen LogP contribution in [0.2, 0.25) is 0 Å². The van der Waals surface area contributed by atoms with Crippen LogP contribution in [0, 0.1) is 17.8 Å². The Bertz CT molecular complexity index is 803. The third kappa shape index (κ3) is 9.96. The van der Waals surface area contributed by atoms with Crippen LogP contribution in [0.15, 0.2) is 24.4 Å². The molecule has 0 radical (unpaired) electrons. The van der Waals surface area contributed by atoms with Gasteiger partial charge in [0, 0.05) is 12.2 Å². The molecule has 0 unspecified atom stereocenters. The molecule has 1 aliphatic rings. The summed E-state index contributed by atoms with van der Waals surface area (Å²) in [5, 5.41) is 31.9. The molecule has 2 amide bonds. The van der Waals surface area contributed by atoms with Crippen LogP contribution in [-0.4, -0.2) is 63.9 Å². The molecular formula is C28H49N5O4. The Balaban J connectivity index is 2.16. The third-order valence-electron chi connectivity index (χ3n) is 7.73. The molecule has 7 N–H and O–H groups in total. The highest BCUT2D eigenvalue weighted by Gasteiger charge is 2.38. The Morgan fingerprint density at radius 2 is 1.81 bits per heavy atom. The van der Waals surface area contributed by atoms with Crippen molar-refractivity contribution >= 4 is 11.8 Å². The van der Waals surface area contributed by atoms with E-state index < -0.39 is 30.3 Å². The second-order valence-electron chi connectivity index (χ2n) is 10.9. The zero-order chi connectivity index (χ0) is 27.4. The van der Waals surface area contributed by atoms with Crippen molar-refractivity contribution in [2.45, 2.75) is 110 Å². The highest BCUT2D eigenvalue weighted by atomic mass is 16.3. The quantitative estimate of drug-likeness (QED) is 0.207. The fraction of sp³-hybridized carbons (Fsp3) is 0.750. The molecule has 1 aliphatic carbocycles. The number of amides is 2. The first-order valence-electron chi connectivity index (χ1n) is 14.0. The molecule has 1 saturated carbocycles.